The Labute approximate surface area is 133 Å². The first-order valence-corrected chi connectivity index (χ1v) is 7.24. The number of hydrogen-bond acceptors (Lipinski definition) is 5. The molecule has 0 unspecified atom stereocenters. The maximum atomic E-state index is 10.9. The number of fused-ring (bicyclic) bond motifs is 1. The van der Waals surface area contributed by atoms with Gasteiger partial charge in [-0.2, -0.15) is 0 Å². The van der Waals surface area contributed by atoms with Crippen LogP contribution in [0.2, 0.25) is 0 Å². The third kappa shape index (κ3) is 3.28. The molecule has 1 N–H and O–H groups in total. The predicted octanol–water partition coefficient (Wildman–Crippen LogP) is 1.50. The molecule has 0 saturated heterocycles. The minimum atomic E-state index is -0.0361. The molecule has 2 aromatic heterocycles. The average Bonchev–Trinajstić information content (AvgIpc) is 3.02. The highest BCUT2D eigenvalue weighted by molar-refractivity contribution is 5.85. The van der Waals surface area contributed by atoms with Crippen LogP contribution in [-0.2, 0) is 11.2 Å². The van der Waals surface area contributed by atoms with Crippen molar-refractivity contribution in [3.63, 3.8) is 0 Å². The van der Waals surface area contributed by atoms with Crippen molar-refractivity contribution in [2.24, 2.45) is 0 Å². The molecule has 0 aliphatic carbocycles. The van der Waals surface area contributed by atoms with Crippen LogP contribution in [0.3, 0.4) is 0 Å². The Morgan fingerprint density at radius 1 is 1.30 bits per heavy atom. The molecule has 0 radical (unpaired) electrons. The third-order valence-electron chi connectivity index (χ3n) is 3.46. The summed E-state index contributed by atoms with van der Waals surface area (Å²) in [5, 5.41) is 3.61. The van der Waals surface area contributed by atoms with E-state index in [2.05, 4.69) is 20.3 Å². The molecule has 1 amide bonds. The standard InChI is InChI=1S/C16H17N5O2/c1-11(22)17-6-5-12-8-21(10-20-12)13-3-4-15-14(7-13)16(23-2)19-9-18-15/h3-4,7-10H,5-6H2,1-2H3,(H,17,22). The first-order chi connectivity index (χ1) is 11.2. The van der Waals surface area contributed by atoms with Crippen molar-refractivity contribution < 1.29 is 9.53 Å². The Hall–Kier alpha value is -2.96. The van der Waals surface area contributed by atoms with Crippen LogP contribution in [-0.4, -0.2) is 39.1 Å². The van der Waals surface area contributed by atoms with Crippen LogP contribution < -0.4 is 10.1 Å². The highest BCUT2D eigenvalue weighted by atomic mass is 16.5. The molecule has 0 spiro atoms. The van der Waals surface area contributed by atoms with Gasteiger partial charge in [0.15, 0.2) is 0 Å². The number of amides is 1. The van der Waals surface area contributed by atoms with Gasteiger partial charge in [-0.3, -0.25) is 4.79 Å². The number of methoxy groups -OCH3 is 1. The molecule has 1 aromatic carbocycles. The van der Waals surface area contributed by atoms with E-state index in [0.717, 1.165) is 22.3 Å². The molecule has 7 nitrogen and oxygen atoms in total. The van der Waals surface area contributed by atoms with E-state index in [1.165, 1.54) is 13.3 Å². The number of imidazole rings is 1. The molecule has 0 fully saturated rings. The van der Waals surface area contributed by atoms with Crippen LogP contribution in [0.25, 0.3) is 16.6 Å². The molecule has 118 valence electrons. The summed E-state index contributed by atoms with van der Waals surface area (Å²) in [5.74, 6) is 0.508. The number of aromatic nitrogens is 4. The van der Waals surface area contributed by atoms with Gasteiger partial charge >= 0.3 is 0 Å². The van der Waals surface area contributed by atoms with E-state index in [0.29, 0.717) is 18.8 Å². The lowest BCUT2D eigenvalue weighted by atomic mass is 10.2. The van der Waals surface area contributed by atoms with E-state index in [1.54, 1.807) is 13.4 Å². The van der Waals surface area contributed by atoms with Crippen molar-refractivity contribution in [1.29, 1.82) is 0 Å². The summed E-state index contributed by atoms with van der Waals surface area (Å²) >= 11 is 0. The van der Waals surface area contributed by atoms with Crippen LogP contribution in [0.4, 0.5) is 0 Å². The number of hydrogen-bond donors (Lipinski definition) is 1. The number of nitrogens with zero attached hydrogens (tertiary/aromatic N) is 4. The average molecular weight is 311 g/mol. The normalized spacial score (nSPS) is 10.7. The summed E-state index contributed by atoms with van der Waals surface area (Å²) in [6, 6.07) is 5.85. The molecule has 3 aromatic rings. The second kappa shape index (κ2) is 6.43. The summed E-state index contributed by atoms with van der Waals surface area (Å²) in [6.45, 7) is 2.08. The highest BCUT2D eigenvalue weighted by Gasteiger charge is 2.07. The monoisotopic (exact) mass is 311 g/mol. The maximum absolute atomic E-state index is 10.9. The summed E-state index contributed by atoms with van der Waals surface area (Å²) in [7, 11) is 1.59. The lowest BCUT2D eigenvalue weighted by molar-refractivity contribution is -0.118. The van der Waals surface area contributed by atoms with Gasteiger partial charge in [0.2, 0.25) is 11.8 Å². The smallest absolute Gasteiger partial charge is 0.224 e. The van der Waals surface area contributed by atoms with E-state index >= 15 is 0 Å². The van der Waals surface area contributed by atoms with Crippen molar-refractivity contribution >= 4 is 16.8 Å². The zero-order chi connectivity index (χ0) is 16.2. The summed E-state index contributed by atoms with van der Waals surface area (Å²) < 4.78 is 7.21. The van der Waals surface area contributed by atoms with Crippen molar-refractivity contribution in [3.8, 4) is 11.6 Å². The number of rotatable bonds is 5. The zero-order valence-electron chi connectivity index (χ0n) is 13.0. The quantitative estimate of drug-likeness (QED) is 0.772. The van der Waals surface area contributed by atoms with Gasteiger partial charge in [0.05, 0.1) is 30.0 Å². The SMILES string of the molecule is COc1ncnc2ccc(-n3cnc(CCNC(C)=O)c3)cc12. The molecule has 2 heterocycles. The molecule has 0 bridgehead atoms. The fraction of sp³-hybridized carbons (Fsp3) is 0.250. The highest BCUT2D eigenvalue weighted by Crippen LogP contribution is 2.23. The van der Waals surface area contributed by atoms with Gasteiger partial charge < -0.3 is 14.6 Å². The molecule has 0 saturated carbocycles. The first kappa shape index (κ1) is 15.0. The van der Waals surface area contributed by atoms with Crippen LogP contribution >= 0.6 is 0 Å². The lowest BCUT2D eigenvalue weighted by Crippen LogP contribution is -2.22. The Morgan fingerprint density at radius 2 is 2.17 bits per heavy atom. The van der Waals surface area contributed by atoms with Crippen LogP contribution in [0.1, 0.15) is 12.6 Å². The fourth-order valence-electron chi connectivity index (χ4n) is 2.34. The molecule has 3 rings (SSSR count). The van der Waals surface area contributed by atoms with Crippen molar-refractivity contribution in [2.45, 2.75) is 13.3 Å². The largest absolute Gasteiger partial charge is 0.480 e. The maximum Gasteiger partial charge on any atom is 0.224 e. The molecule has 0 aliphatic rings. The minimum Gasteiger partial charge on any atom is -0.480 e. The number of ether oxygens (including phenoxy) is 1. The summed E-state index contributed by atoms with van der Waals surface area (Å²) in [6.07, 6.45) is 5.87. The van der Waals surface area contributed by atoms with Crippen LogP contribution in [0, 0.1) is 0 Å². The van der Waals surface area contributed by atoms with Crippen molar-refractivity contribution in [3.05, 3.63) is 42.7 Å². The van der Waals surface area contributed by atoms with Crippen molar-refractivity contribution in [2.75, 3.05) is 13.7 Å². The van der Waals surface area contributed by atoms with Crippen molar-refractivity contribution in [1.82, 2.24) is 24.8 Å². The molecule has 0 aliphatic heterocycles. The Morgan fingerprint density at radius 3 is 2.96 bits per heavy atom. The summed E-state index contributed by atoms with van der Waals surface area (Å²) in [5.41, 5.74) is 2.69. The topological polar surface area (TPSA) is 81.9 Å². The zero-order valence-corrected chi connectivity index (χ0v) is 13.0. The van der Waals surface area contributed by atoms with E-state index in [9.17, 15) is 4.79 Å². The Bertz CT molecular complexity index is 843. The van der Waals surface area contributed by atoms with E-state index in [4.69, 9.17) is 4.74 Å². The summed E-state index contributed by atoms with van der Waals surface area (Å²) in [4.78, 5) is 23.6. The van der Waals surface area contributed by atoms with Gasteiger partial charge in [0, 0.05) is 31.8 Å². The Kier molecular flexibility index (Phi) is 4.18. The fourth-order valence-corrected chi connectivity index (χ4v) is 2.34. The molecular weight excluding hydrogens is 294 g/mol. The van der Waals surface area contributed by atoms with Crippen LogP contribution in [0.5, 0.6) is 5.88 Å². The lowest BCUT2D eigenvalue weighted by Gasteiger charge is -2.06. The van der Waals surface area contributed by atoms with E-state index < -0.39 is 0 Å². The van der Waals surface area contributed by atoms with Gasteiger partial charge in [-0.05, 0) is 18.2 Å². The number of nitrogens with one attached hydrogen (secondary N) is 1. The first-order valence-electron chi connectivity index (χ1n) is 7.24. The molecule has 0 atom stereocenters. The number of carbonyl (C=O) groups is 1. The van der Waals surface area contributed by atoms with Gasteiger partial charge in [-0.1, -0.05) is 0 Å². The van der Waals surface area contributed by atoms with Gasteiger partial charge in [-0.15, -0.1) is 0 Å². The molecular formula is C16H17N5O2. The predicted molar refractivity (Wildman–Crippen MR) is 85.6 cm³/mol. The third-order valence-corrected chi connectivity index (χ3v) is 3.46. The number of carbonyl (C=O) groups excluding carboxylic acids is 1. The van der Waals surface area contributed by atoms with E-state index in [-0.39, 0.29) is 5.91 Å². The molecule has 7 heteroatoms. The number of benzene rings is 1. The Balaban J connectivity index is 1.85. The van der Waals surface area contributed by atoms with Gasteiger partial charge in [0.25, 0.3) is 0 Å². The van der Waals surface area contributed by atoms with E-state index in [1.807, 2.05) is 29.0 Å². The van der Waals surface area contributed by atoms with Gasteiger partial charge in [-0.25, -0.2) is 15.0 Å². The van der Waals surface area contributed by atoms with Gasteiger partial charge in [0.1, 0.15) is 6.33 Å². The van der Waals surface area contributed by atoms with Crippen LogP contribution in [0.15, 0.2) is 37.1 Å². The minimum absolute atomic E-state index is 0.0361. The molecule has 23 heavy (non-hydrogen) atoms. The second-order valence-electron chi connectivity index (χ2n) is 5.09. The second-order valence-corrected chi connectivity index (χ2v) is 5.09.